The number of carbonyl (C=O) groups excluding carboxylic acids is 1. The molecule has 2 aromatic rings. The highest BCUT2D eigenvalue weighted by atomic mass is 32.2. The average molecular weight is 463 g/mol. The van der Waals surface area contributed by atoms with Gasteiger partial charge in [-0.05, 0) is 31.9 Å². The highest BCUT2D eigenvalue weighted by Gasteiger charge is 2.50. The van der Waals surface area contributed by atoms with Crippen molar-refractivity contribution in [1.29, 1.82) is 0 Å². The molecule has 0 aliphatic carbocycles. The SMILES string of the molecule is Cn1cc(S(=O)(=O)[C@@](C)(F)C2CCN(C(=O)Nc3ccc(F)nc3)CC2)c(C(F)F)n1. The van der Waals surface area contributed by atoms with Crippen molar-refractivity contribution in [3.63, 3.8) is 0 Å². The van der Waals surface area contributed by atoms with Gasteiger partial charge in [-0.25, -0.2) is 31.4 Å². The smallest absolute Gasteiger partial charge is 0.321 e. The van der Waals surface area contributed by atoms with Crippen molar-refractivity contribution in [3.8, 4) is 0 Å². The average Bonchev–Trinajstić information content (AvgIpc) is 3.12. The lowest BCUT2D eigenvalue weighted by Gasteiger charge is -2.37. The van der Waals surface area contributed by atoms with E-state index in [1.54, 1.807) is 0 Å². The Labute approximate surface area is 176 Å². The molecule has 2 amide bonds. The van der Waals surface area contributed by atoms with Crippen LogP contribution in [0.5, 0.6) is 0 Å². The van der Waals surface area contributed by atoms with Gasteiger partial charge in [0.15, 0.2) is 0 Å². The number of sulfone groups is 1. The lowest BCUT2D eigenvalue weighted by atomic mass is 9.92. The van der Waals surface area contributed by atoms with Crippen LogP contribution in [0.15, 0.2) is 29.4 Å². The second-order valence-electron chi connectivity index (χ2n) is 7.40. The predicted molar refractivity (Wildman–Crippen MR) is 102 cm³/mol. The number of hydrogen-bond donors (Lipinski definition) is 1. The van der Waals surface area contributed by atoms with Crippen LogP contribution in [0, 0.1) is 11.9 Å². The fraction of sp³-hybridized carbons (Fsp3) is 0.500. The zero-order valence-corrected chi connectivity index (χ0v) is 17.5. The number of alkyl halides is 3. The van der Waals surface area contributed by atoms with Gasteiger partial charge in [0.05, 0.1) is 11.9 Å². The summed E-state index contributed by atoms with van der Waals surface area (Å²) >= 11 is 0. The van der Waals surface area contributed by atoms with Crippen molar-refractivity contribution in [2.75, 3.05) is 18.4 Å². The molecule has 0 saturated carbocycles. The summed E-state index contributed by atoms with van der Waals surface area (Å²) in [6.07, 6.45) is -1.15. The van der Waals surface area contributed by atoms with Crippen LogP contribution in [0.4, 0.5) is 28.0 Å². The Balaban J connectivity index is 1.70. The number of piperidine rings is 1. The van der Waals surface area contributed by atoms with Crippen LogP contribution in [0.25, 0.3) is 0 Å². The number of nitrogens with zero attached hydrogens (tertiary/aromatic N) is 4. The van der Waals surface area contributed by atoms with Gasteiger partial charge in [-0.3, -0.25) is 4.68 Å². The van der Waals surface area contributed by atoms with E-state index in [1.807, 2.05) is 0 Å². The predicted octanol–water partition coefficient (Wildman–Crippen LogP) is 3.30. The van der Waals surface area contributed by atoms with Crippen molar-refractivity contribution in [2.24, 2.45) is 13.0 Å². The van der Waals surface area contributed by atoms with Gasteiger partial charge in [-0.1, -0.05) is 0 Å². The molecule has 1 saturated heterocycles. The number of nitrogens with one attached hydrogen (secondary N) is 1. The van der Waals surface area contributed by atoms with E-state index >= 15 is 4.39 Å². The highest BCUT2D eigenvalue weighted by molar-refractivity contribution is 7.92. The Morgan fingerprint density at radius 3 is 2.48 bits per heavy atom. The molecular weight excluding hydrogens is 442 g/mol. The van der Waals surface area contributed by atoms with Crippen molar-refractivity contribution in [3.05, 3.63) is 36.2 Å². The van der Waals surface area contributed by atoms with E-state index in [4.69, 9.17) is 0 Å². The topological polar surface area (TPSA) is 97.2 Å². The van der Waals surface area contributed by atoms with Gasteiger partial charge in [0.2, 0.25) is 20.8 Å². The zero-order valence-electron chi connectivity index (χ0n) is 16.7. The second-order valence-corrected chi connectivity index (χ2v) is 9.65. The third kappa shape index (κ3) is 4.50. The Kier molecular flexibility index (Phi) is 6.25. The minimum Gasteiger partial charge on any atom is -0.325 e. The number of carbonyl (C=O) groups is 1. The third-order valence-electron chi connectivity index (χ3n) is 5.33. The molecule has 0 bridgehead atoms. The van der Waals surface area contributed by atoms with Crippen LogP contribution in [0.1, 0.15) is 31.9 Å². The van der Waals surface area contributed by atoms with Gasteiger partial charge in [0.25, 0.3) is 6.43 Å². The summed E-state index contributed by atoms with van der Waals surface area (Å²) in [6.45, 7) is 0.957. The molecule has 0 aromatic carbocycles. The maximum absolute atomic E-state index is 15.6. The first-order valence-corrected chi connectivity index (χ1v) is 10.8. The molecule has 1 aliphatic rings. The van der Waals surface area contributed by atoms with E-state index in [0.717, 1.165) is 30.1 Å². The van der Waals surface area contributed by atoms with E-state index in [1.165, 1.54) is 18.0 Å². The number of halogens is 4. The molecule has 2 aromatic heterocycles. The van der Waals surface area contributed by atoms with E-state index in [2.05, 4.69) is 15.4 Å². The van der Waals surface area contributed by atoms with Crippen LogP contribution in [0.3, 0.4) is 0 Å². The third-order valence-corrected chi connectivity index (χ3v) is 7.61. The summed E-state index contributed by atoms with van der Waals surface area (Å²) in [7, 11) is -3.50. The summed E-state index contributed by atoms with van der Waals surface area (Å²) in [4.78, 5) is 16.3. The molecule has 8 nitrogen and oxygen atoms in total. The first kappa shape index (κ1) is 23.0. The summed E-state index contributed by atoms with van der Waals surface area (Å²) in [5.41, 5.74) is -0.723. The van der Waals surface area contributed by atoms with E-state index in [-0.39, 0.29) is 31.6 Å². The van der Waals surface area contributed by atoms with Gasteiger partial charge >= 0.3 is 6.03 Å². The maximum atomic E-state index is 15.6. The van der Waals surface area contributed by atoms with Gasteiger partial charge in [0.1, 0.15) is 10.6 Å². The van der Waals surface area contributed by atoms with Gasteiger partial charge in [-0.2, -0.15) is 9.49 Å². The van der Waals surface area contributed by atoms with Crippen LogP contribution >= 0.6 is 0 Å². The van der Waals surface area contributed by atoms with Crippen molar-refractivity contribution >= 4 is 21.6 Å². The number of pyridine rings is 1. The number of urea groups is 1. The molecule has 170 valence electrons. The van der Waals surface area contributed by atoms with Crippen LogP contribution < -0.4 is 5.32 Å². The monoisotopic (exact) mass is 463 g/mol. The highest BCUT2D eigenvalue weighted by Crippen LogP contribution is 2.41. The van der Waals surface area contributed by atoms with Gasteiger partial charge in [-0.15, -0.1) is 0 Å². The standard InChI is InChI=1S/C18H21F4N5O3S/c1-18(22,31(29,30)13-10-26(2)25-15(13)16(20)21)11-5-7-27(8-6-11)17(28)24-12-3-4-14(19)23-9-12/h3-4,9-11,16H,5-8H2,1-2H3,(H,24,28)/t18-/m1/s1. The Hall–Kier alpha value is -2.70. The summed E-state index contributed by atoms with van der Waals surface area (Å²) in [6, 6.07) is 1.88. The summed E-state index contributed by atoms with van der Waals surface area (Å²) in [5, 5.41) is 3.14. The Morgan fingerprint density at radius 1 is 1.29 bits per heavy atom. The van der Waals surface area contributed by atoms with Crippen molar-refractivity contribution in [1.82, 2.24) is 19.7 Å². The summed E-state index contributed by atoms with van der Waals surface area (Å²) in [5.74, 6) is -1.72. The number of rotatable bonds is 5. The minimum absolute atomic E-state index is 0.00555. The largest absolute Gasteiger partial charge is 0.325 e. The second kappa shape index (κ2) is 8.44. The van der Waals surface area contributed by atoms with E-state index in [9.17, 15) is 26.4 Å². The molecule has 1 fully saturated rings. The lowest BCUT2D eigenvalue weighted by molar-refractivity contribution is 0.116. The number of hydrogen-bond acceptors (Lipinski definition) is 5. The van der Waals surface area contributed by atoms with Crippen molar-refractivity contribution < 1.29 is 30.8 Å². The molecule has 0 spiro atoms. The first-order chi connectivity index (χ1) is 14.4. The van der Waals surface area contributed by atoms with Crippen LogP contribution in [0.2, 0.25) is 0 Å². The number of aryl methyl sites for hydroxylation is 1. The number of likely N-dealkylation sites (tertiary alicyclic amines) is 1. The number of aromatic nitrogens is 3. The summed E-state index contributed by atoms with van der Waals surface area (Å²) < 4.78 is 81.5. The van der Waals surface area contributed by atoms with Gasteiger partial charge < -0.3 is 10.2 Å². The zero-order chi connectivity index (χ0) is 23.0. The molecule has 31 heavy (non-hydrogen) atoms. The normalized spacial score (nSPS) is 17.6. The molecule has 1 aliphatic heterocycles. The fourth-order valence-electron chi connectivity index (χ4n) is 3.53. The molecule has 1 atom stereocenters. The molecular formula is C18H21F4N5O3S. The van der Waals surface area contributed by atoms with E-state index < -0.39 is 49.7 Å². The molecule has 1 N–H and O–H groups in total. The molecule has 0 radical (unpaired) electrons. The Bertz CT molecular complexity index is 1050. The van der Waals surface area contributed by atoms with Crippen LogP contribution in [-0.4, -0.2) is 52.2 Å². The minimum atomic E-state index is -4.78. The quantitative estimate of drug-likeness (QED) is 0.542. The van der Waals surface area contributed by atoms with Crippen molar-refractivity contribution in [2.45, 2.75) is 36.1 Å². The first-order valence-electron chi connectivity index (χ1n) is 9.36. The fourth-order valence-corrected chi connectivity index (χ4v) is 5.33. The molecule has 3 heterocycles. The lowest BCUT2D eigenvalue weighted by Crippen LogP contribution is -2.48. The van der Waals surface area contributed by atoms with Gasteiger partial charge in [0, 0.05) is 32.3 Å². The van der Waals surface area contributed by atoms with Crippen LogP contribution in [-0.2, 0) is 16.9 Å². The number of amides is 2. The maximum Gasteiger partial charge on any atom is 0.321 e. The molecule has 13 heteroatoms. The van der Waals surface area contributed by atoms with E-state index in [0.29, 0.717) is 0 Å². The molecule has 3 rings (SSSR count). The number of anilines is 1. The Morgan fingerprint density at radius 2 is 1.94 bits per heavy atom. The molecule has 0 unspecified atom stereocenters.